The molecule has 1 saturated carbocycles. The Bertz CT molecular complexity index is 733. The first-order chi connectivity index (χ1) is 14.3. The van der Waals surface area contributed by atoms with E-state index < -0.39 is 24.9 Å². The Hall–Kier alpha value is -0.350. The Morgan fingerprint density at radius 3 is 2.70 bits per heavy atom. The average Bonchev–Trinajstić information content (AvgIpc) is 3.17. The van der Waals surface area contributed by atoms with Crippen LogP contribution in [0.5, 0.6) is 0 Å². The van der Waals surface area contributed by atoms with Crippen LogP contribution in [-0.2, 0) is 11.2 Å². The molecule has 8 heteroatoms. The van der Waals surface area contributed by atoms with Crippen molar-refractivity contribution in [1.82, 2.24) is 0 Å². The SMILES string of the molecule is O=C(CO)CCC/C=C\C[C@@H]1[C@@H](/C=C/[C@@H](O)CCc2cc(Br)sc2Br)[C@H](O)C[C@@H]1O. The van der Waals surface area contributed by atoms with Crippen molar-refractivity contribution in [2.24, 2.45) is 11.8 Å². The summed E-state index contributed by atoms with van der Waals surface area (Å²) in [5.41, 5.74) is 1.15. The molecule has 0 aromatic carbocycles. The number of aliphatic hydroxyl groups is 4. The van der Waals surface area contributed by atoms with Gasteiger partial charge in [0.25, 0.3) is 0 Å². The Balaban J connectivity index is 1.82. The maximum absolute atomic E-state index is 11.1. The van der Waals surface area contributed by atoms with Gasteiger partial charge in [-0.25, -0.2) is 0 Å². The van der Waals surface area contributed by atoms with E-state index in [0.717, 1.165) is 26.0 Å². The molecular weight excluding hydrogens is 536 g/mol. The van der Waals surface area contributed by atoms with E-state index in [1.807, 2.05) is 24.3 Å². The van der Waals surface area contributed by atoms with Crippen LogP contribution in [0.1, 0.15) is 44.1 Å². The highest BCUT2D eigenvalue weighted by molar-refractivity contribution is 9.12. The minimum Gasteiger partial charge on any atom is -0.393 e. The summed E-state index contributed by atoms with van der Waals surface area (Å²) in [4.78, 5) is 11.1. The maximum atomic E-state index is 11.1. The van der Waals surface area contributed by atoms with Gasteiger partial charge in [-0.15, -0.1) is 11.3 Å². The van der Waals surface area contributed by atoms with E-state index in [-0.39, 0.29) is 17.6 Å². The molecule has 1 aliphatic carbocycles. The second-order valence-corrected chi connectivity index (χ2v) is 11.5. The Kier molecular flexibility index (Phi) is 11.4. The minimum absolute atomic E-state index is 0.0965. The number of thiophene rings is 1. The predicted molar refractivity (Wildman–Crippen MR) is 126 cm³/mol. The van der Waals surface area contributed by atoms with E-state index in [1.165, 1.54) is 0 Å². The van der Waals surface area contributed by atoms with Crippen LogP contribution in [0.15, 0.2) is 37.9 Å². The normalized spacial score (nSPS) is 25.5. The highest BCUT2D eigenvalue weighted by Gasteiger charge is 2.39. The van der Waals surface area contributed by atoms with E-state index in [0.29, 0.717) is 32.1 Å². The standard InChI is InChI=1S/C22H30Br2O5S/c23-21-11-14(22(24)30-21)7-8-15(26)9-10-18-17(19(28)12-20(18)29)6-4-2-1-3-5-16(27)13-25/h2,4,9-11,15,17-20,25-26,28-29H,1,3,5-8,12-13H2/b4-2-,10-9+/t15-,17+,18+,19-,20+/m0/s1. The Labute approximate surface area is 198 Å². The van der Waals surface area contributed by atoms with Crippen LogP contribution in [0.25, 0.3) is 0 Å². The zero-order chi connectivity index (χ0) is 22.1. The second-order valence-electron chi connectivity index (χ2n) is 7.75. The summed E-state index contributed by atoms with van der Waals surface area (Å²) in [5.74, 6) is -0.446. The zero-order valence-corrected chi connectivity index (χ0v) is 20.8. The quantitative estimate of drug-likeness (QED) is 0.225. The van der Waals surface area contributed by atoms with E-state index in [4.69, 9.17) is 5.11 Å². The van der Waals surface area contributed by atoms with Gasteiger partial charge >= 0.3 is 0 Å². The molecule has 2 rings (SSSR count). The van der Waals surface area contributed by atoms with Gasteiger partial charge in [-0.3, -0.25) is 4.79 Å². The van der Waals surface area contributed by atoms with Crippen molar-refractivity contribution in [1.29, 1.82) is 0 Å². The summed E-state index contributed by atoms with van der Waals surface area (Å²) in [6.07, 6.45) is 9.84. The van der Waals surface area contributed by atoms with Crippen molar-refractivity contribution in [3.8, 4) is 0 Å². The number of carbonyl (C=O) groups is 1. The van der Waals surface area contributed by atoms with Crippen molar-refractivity contribution in [3.63, 3.8) is 0 Å². The molecule has 0 bridgehead atoms. The molecule has 0 saturated heterocycles. The second kappa shape index (κ2) is 13.3. The Morgan fingerprint density at radius 1 is 1.27 bits per heavy atom. The molecule has 1 heterocycles. The summed E-state index contributed by atoms with van der Waals surface area (Å²) in [6, 6.07) is 2.05. The smallest absolute Gasteiger partial charge is 0.158 e. The predicted octanol–water partition coefficient (Wildman–Crippen LogP) is 4.16. The molecule has 5 nitrogen and oxygen atoms in total. The molecule has 5 atom stereocenters. The van der Waals surface area contributed by atoms with Crippen LogP contribution in [0.3, 0.4) is 0 Å². The first-order valence-corrected chi connectivity index (χ1v) is 12.7. The topological polar surface area (TPSA) is 98.0 Å². The third-order valence-electron chi connectivity index (χ3n) is 5.49. The lowest BCUT2D eigenvalue weighted by atomic mass is 9.89. The monoisotopic (exact) mass is 564 g/mol. The lowest BCUT2D eigenvalue weighted by Gasteiger charge is -2.19. The van der Waals surface area contributed by atoms with Gasteiger partial charge in [0, 0.05) is 18.8 Å². The first kappa shape index (κ1) is 25.9. The zero-order valence-electron chi connectivity index (χ0n) is 16.8. The van der Waals surface area contributed by atoms with E-state index in [2.05, 4.69) is 31.9 Å². The molecule has 168 valence electrons. The molecule has 0 aliphatic heterocycles. The molecule has 1 aromatic rings. The van der Waals surface area contributed by atoms with Crippen molar-refractivity contribution >= 4 is 49.0 Å². The number of halogens is 2. The third kappa shape index (κ3) is 8.30. The first-order valence-electron chi connectivity index (χ1n) is 10.3. The van der Waals surface area contributed by atoms with Crippen molar-refractivity contribution in [3.05, 3.63) is 43.5 Å². The summed E-state index contributed by atoms with van der Waals surface area (Å²) in [6.45, 7) is -0.405. The average molecular weight is 566 g/mol. The summed E-state index contributed by atoms with van der Waals surface area (Å²) >= 11 is 8.59. The lowest BCUT2D eigenvalue weighted by Crippen LogP contribution is -2.20. The number of allylic oxidation sites excluding steroid dienone is 2. The van der Waals surface area contributed by atoms with Crippen LogP contribution in [0.2, 0.25) is 0 Å². The van der Waals surface area contributed by atoms with Crippen molar-refractivity contribution in [2.45, 2.75) is 63.3 Å². The van der Waals surface area contributed by atoms with E-state index in [9.17, 15) is 20.1 Å². The fraction of sp³-hybridized carbons (Fsp3) is 0.591. The Morgan fingerprint density at radius 2 is 2.03 bits per heavy atom. The molecule has 1 fully saturated rings. The van der Waals surface area contributed by atoms with Crippen LogP contribution >= 0.6 is 43.2 Å². The number of hydrogen-bond acceptors (Lipinski definition) is 6. The molecule has 0 radical (unpaired) electrons. The molecule has 1 aromatic heterocycles. The molecule has 0 spiro atoms. The fourth-order valence-corrected chi connectivity index (χ4v) is 6.69. The van der Waals surface area contributed by atoms with Crippen molar-refractivity contribution in [2.75, 3.05) is 6.61 Å². The van der Waals surface area contributed by atoms with Crippen LogP contribution < -0.4 is 0 Å². The van der Waals surface area contributed by atoms with Crippen LogP contribution in [0, 0.1) is 11.8 Å². The highest BCUT2D eigenvalue weighted by atomic mass is 79.9. The fourth-order valence-electron chi connectivity index (χ4n) is 3.77. The third-order valence-corrected chi connectivity index (χ3v) is 7.95. The van der Waals surface area contributed by atoms with Gasteiger partial charge in [0.15, 0.2) is 5.78 Å². The van der Waals surface area contributed by atoms with Gasteiger partial charge in [-0.2, -0.15) is 0 Å². The molecular formula is C22H30Br2O5S. The number of aryl methyl sites for hydroxylation is 1. The number of carbonyl (C=O) groups excluding carboxylic acids is 1. The maximum Gasteiger partial charge on any atom is 0.158 e. The van der Waals surface area contributed by atoms with Crippen LogP contribution in [-0.4, -0.2) is 51.1 Å². The lowest BCUT2D eigenvalue weighted by molar-refractivity contribution is -0.121. The minimum atomic E-state index is -0.619. The number of ketones is 1. The largest absolute Gasteiger partial charge is 0.393 e. The molecule has 4 N–H and O–H groups in total. The molecule has 30 heavy (non-hydrogen) atoms. The molecule has 0 amide bonds. The highest BCUT2D eigenvalue weighted by Crippen LogP contribution is 2.36. The number of rotatable bonds is 12. The molecule has 1 aliphatic rings. The van der Waals surface area contributed by atoms with E-state index in [1.54, 1.807) is 17.4 Å². The van der Waals surface area contributed by atoms with Gasteiger partial charge in [0.05, 0.1) is 25.9 Å². The van der Waals surface area contributed by atoms with Gasteiger partial charge < -0.3 is 20.4 Å². The summed E-state index contributed by atoms with van der Waals surface area (Å²) in [5, 5.41) is 39.7. The van der Waals surface area contributed by atoms with Gasteiger partial charge in [-0.05, 0) is 81.5 Å². The summed E-state index contributed by atoms with van der Waals surface area (Å²) < 4.78 is 2.11. The van der Waals surface area contributed by atoms with E-state index >= 15 is 0 Å². The van der Waals surface area contributed by atoms with Crippen molar-refractivity contribution < 1.29 is 25.2 Å². The number of Topliss-reactive ketones (excluding diaryl/α,β-unsaturated/α-hetero) is 1. The van der Waals surface area contributed by atoms with Gasteiger partial charge in [0.2, 0.25) is 0 Å². The van der Waals surface area contributed by atoms with Gasteiger partial charge in [-0.1, -0.05) is 24.3 Å². The van der Waals surface area contributed by atoms with Gasteiger partial charge in [0.1, 0.15) is 6.61 Å². The summed E-state index contributed by atoms with van der Waals surface area (Å²) in [7, 11) is 0. The molecule has 0 unspecified atom stereocenters. The number of aliphatic hydroxyl groups excluding tert-OH is 4. The number of unbranched alkanes of at least 4 members (excludes halogenated alkanes) is 1. The van der Waals surface area contributed by atoms with Crippen LogP contribution in [0.4, 0.5) is 0 Å². The number of hydrogen-bond donors (Lipinski definition) is 4.